The van der Waals surface area contributed by atoms with Gasteiger partial charge in [0.2, 0.25) is 5.91 Å². The molecule has 0 bridgehead atoms. The fraction of sp³-hybridized carbons (Fsp3) is 0.750. The van der Waals surface area contributed by atoms with Gasteiger partial charge in [-0.3, -0.25) is 4.79 Å². The van der Waals surface area contributed by atoms with Crippen molar-refractivity contribution in [2.75, 3.05) is 7.05 Å². The van der Waals surface area contributed by atoms with Crippen molar-refractivity contribution in [3.63, 3.8) is 0 Å². The molecule has 0 aromatic heterocycles. The van der Waals surface area contributed by atoms with E-state index in [1.807, 2.05) is 20.8 Å². The number of hydrogen-bond acceptors (Lipinski definition) is 1. The fourth-order valence-corrected chi connectivity index (χ4v) is 0.515. The third-order valence-electron chi connectivity index (χ3n) is 1.64. The van der Waals surface area contributed by atoms with E-state index in [2.05, 4.69) is 10.9 Å². The number of nitrogens with zero attached hydrogens (tertiary/aromatic N) is 1. The summed E-state index contributed by atoms with van der Waals surface area (Å²) in [5.74, 6) is 0.419. The number of nitrogens with one attached hydrogen (secondary N) is 1. The normalized spacial score (nSPS) is 11.1. The van der Waals surface area contributed by atoms with E-state index in [1.165, 1.54) is 0 Å². The third kappa shape index (κ3) is 7.20. The second kappa shape index (κ2) is 9.62. The van der Waals surface area contributed by atoms with Crippen molar-refractivity contribution < 1.29 is 37.5 Å². The van der Waals surface area contributed by atoms with Gasteiger partial charge in [-0.05, 0) is 5.92 Å². The molecule has 4 heteroatoms. The van der Waals surface area contributed by atoms with Gasteiger partial charge in [0.25, 0.3) is 0 Å². The summed E-state index contributed by atoms with van der Waals surface area (Å²) in [6.45, 7) is 5.92. The van der Waals surface area contributed by atoms with E-state index in [4.69, 9.17) is 0 Å². The Hall–Kier alpha value is 0.534. The Balaban J connectivity index is -0.000000405. The van der Waals surface area contributed by atoms with Gasteiger partial charge in [-0.1, -0.05) is 20.8 Å². The van der Waals surface area contributed by atoms with Crippen LogP contribution < -0.4 is 5.43 Å². The van der Waals surface area contributed by atoms with Gasteiger partial charge in [-0.25, -0.2) is 0 Å². The van der Waals surface area contributed by atoms with Crippen LogP contribution in [0.2, 0.25) is 0 Å². The number of hydrogen-bond donors (Lipinski definition) is 1. The van der Waals surface area contributed by atoms with Crippen molar-refractivity contribution in [2.24, 2.45) is 11.8 Å². The van der Waals surface area contributed by atoms with Gasteiger partial charge in [0.15, 0.2) is 0 Å². The first-order valence-electron chi connectivity index (χ1n) is 3.48. The van der Waals surface area contributed by atoms with Gasteiger partial charge < -0.3 is 18.3 Å². The number of carbonyl (C=O) groups is 1. The molecule has 0 aliphatic carbocycles. The summed E-state index contributed by atoms with van der Waals surface area (Å²) in [4.78, 5) is 11.0. The average molecular weight is 247 g/mol. The maximum Gasteiger partial charge on any atom is 0.206 e. The summed E-state index contributed by atoms with van der Waals surface area (Å²) in [5, 5.41) is 0. The molecule has 0 rings (SSSR count). The van der Waals surface area contributed by atoms with Crippen molar-refractivity contribution in [3.05, 3.63) is 12.9 Å². The van der Waals surface area contributed by atoms with Crippen molar-refractivity contribution in [2.45, 2.75) is 20.8 Å². The van der Waals surface area contributed by atoms with E-state index in [-0.39, 0.29) is 52.0 Å². The maximum atomic E-state index is 11.0. The first-order chi connectivity index (χ1) is 4.59. The van der Waals surface area contributed by atoms with E-state index in [1.54, 1.807) is 7.05 Å². The molecule has 0 aromatic rings. The molecule has 71 valence electrons. The molecular formula is C8H18N2OY-2. The second-order valence-corrected chi connectivity index (χ2v) is 2.73. The topological polar surface area (TPSA) is 43.2 Å². The summed E-state index contributed by atoms with van der Waals surface area (Å²) in [7, 11) is 1.56. The molecule has 0 aromatic carbocycles. The summed E-state index contributed by atoms with van der Waals surface area (Å²) < 4.78 is 0. The molecular weight excluding hydrogens is 229 g/mol. The predicted octanol–water partition coefficient (Wildman–Crippen LogP) is 1.76. The van der Waals surface area contributed by atoms with Crippen LogP contribution in [0.3, 0.4) is 0 Å². The molecule has 1 atom stereocenters. The maximum absolute atomic E-state index is 11.0. The van der Waals surface area contributed by atoms with Crippen molar-refractivity contribution in [1.82, 2.24) is 5.43 Å². The average Bonchev–Trinajstić information content (AvgIpc) is 1.87. The first kappa shape index (κ1) is 18.3. The summed E-state index contributed by atoms with van der Waals surface area (Å²) in [5.41, 5.74) is 5.95. The molecule has 0 unspecified atom stereocenters. The zero-order chi connectivity index (χ0) is 8.15. The fourth-order valence-electron chi connectivity index (χ4n) is 0.515. The summed E-state index contributed by atoms with van der Waals surface area (Å²) >= 11 is 0. The largest absolute Gasteiger partial charge is 0.571 e. The van der Waals surface area contributed by atoms with Gasteiger partial charge in [0, 0.05) is 38.6 Å². The molecule has 12 heavy (non-hydrogen) atoms. The first-order valence-corrected chi connectivity index (χ1v) is 3.48. The predicted molar refractivity (Wildman–Crippen MR) is 47.8 cm³/mol. The molecule has 0 aliphatic heterocycles. The molecule has 1 N–H and O–H groups in total. The van der Waals surface area contributed by atoms with E-state index in [9.17, 15) is 4.79 Å². The van der Waals surface area contributed by atoms with E-state index < -0.39 is 0 Å². The number of rotatable bonds is 3. The summed E-state index contributed by atoms with van der Waals surface area (Å²) in [6, 6.07) is 0. The molecule has 0 fully saturated rings. The van der Waals surface area contributed by atoms with Crippen LogP contribution in [-0.2, 0) is 37.5 Å². The smallest absolute Gasteiger partial charge is 0.206 e. The monoisotopic (exact) mass is 247 g/mol. The number of carbonyl (C=O) groups excluding carboxylic acids is 1. The molecule has 1 radical (unpaired) electrons. The van der Waals surface area contributed by atoms with E-state index in [0.29, 0.717) is 5.92 Å². The quantitative estimate of drug-likeness (QED) is 0.599. The Bertz CT molecular complexity index is 118. The van der Waals surface area contributed by atoms with Crippen LogP contribution in [0.5, 0.6) is 0 Å². The van der Waals surface area contributed by atoms with Crippen LogP contribution in [0.25, 0.3) is 5.43 Å². The van der Waals surface area contributed by atoms with Gasteiger partial charge in [0.1, 0.15) is 0 Å². The Morgan fingerprint density at radius 3 is 2.00 bits per heavy atom. The molecule has 0 spiro atoms. The standard InChI is InChI=1S/C7H15N2O.CH3.Y/c1-5(2)6(3)7(10)9-8-4;;/h5-6H,1-4H3,(H,9,10);1H3;/q2*-1;/t6-;;/m1../s1. The van der Waals surface area contributed by atoms with Crippen molar-refractivity contribution in [1.29, 1.82) is 0 Å². The molecule has 1 amide bonds. The Morgan fingerprint density at radius 2 is 1.75 bits per heavy atom. The third-order valence-corrected chi connectivity index (χ3v) is 1.64. The van der Waals surface area contributed by atoms with Crippen LogP contribution in [0.4, 0.5) is 0 Å². The second-order valence-electron chi connectivity index (χ2n) is 2.73. The molecule has 0 heterocycles. The molecule has 0 saturated carbocycles. The SMILES string of the molecule is C[N-]NC(=O)[C@H](C)C(C)C.[CH3-].[Y]. The van der Waals surface area contributed by atoms with Gasteiger partial charge in [-0.2, -0.15) is 0 Å². The molecule has 3 nitrogen and oxygen atoms in total. The zero-order valence-corrected chi connectivity index (χ0v) is 11.4. The molecule has 0 saturated heterocycles. The van der Waals surface area contributed by atoms with Gasteiger partial charge >= 0.3 is 0 Å². The van der Waals surface area contributed by atoms with Gasteiger partial charge in [0.05, 0.1) is 0 Å². The van der Waals surface area contributed by atoms with E-state index >= 15 is 0 Å². The van der Waals surface area contributed by atoms with Crippen LogP contribution in [0, 0.1) is 19.3 Å². The number of amides is 1. The van der Waals surface area contributed by atoms with Crippen molar-refractivity contribution >= 4 is 5.91 Å². The Labute approximate surface area is 101 Å². The Kier molecular flexibility index (Phi) is 14.7. The van der Waals surface area contributed by atoms with Crippen LogP contribution in [0.15, 0.2) is 0 Å². The van der Waals surface area contributed by atoms with Crippen LogP contribution in [0.1, 0.15) is 20.8 Å². The van der Waals surface area contributed by atoms with Crippen molar-refractivity contribution in [3.8, 4) is 0 Å². The minimum atomic E-state index is -0.00231. The van der Waals surface area contributed by atoms with Crippen LogP contribution >= 0.6 is 0 Å². The van der Waals surface area contributed by atoms with Crippen LogP contribution in [-0.4, -0.2) is 13.0 Å². The zero-order valence-electron chi connectivity index (χ0n) is 8.59. The minimum absolute atomic E-state index is 0. The summed E-state index contributed by atoms with van der Waals surface area (Å²) in [6.07, 6.45) is 0. The van der Waals surface area contributed by atoms with Gasteiger partial charge in [-0.15, -0.1) is 7.05 Å². The minimum Gasteiger partial charge on any atom is -0.571 e. The Morgan fingerprint density at radius 1 is 1.33 bits per heavy atom. The van der Waals surface area contributed by atoms with E-state index in [0.717, 1.165) is 0 Å². The molecule has 0 aliphatic rings.